The van der Waals surface area contributed by atoms with E-state index < -0.39 is 34.4 Å². The van der Waals surface area contributed by atoms with Gasteiger partial charge in [0.2, 0.25) is 11.8 Å². The lowest BCUT2D eigenvalue weighted by Gasteiger charge is -2.34. The van der Waals surface area contributed by atoms with Crippen molar-refractivity contribution in [1.82, 2.24) is 10.2 Å². The summed E-state index contributed by atoms with van der Waals surface area (Å²) < 4.78 is 40.5. The van der Waals surface area contributed by atoms with E-state index in [1.807, 2.05) is 37.3 Å². The Bertz CT molecular complexity index is 1730. The molecule has 0 fully saturated rings. The van der Waals surface area contributed by atoms with E-state index in [9.17, 15) is 18.0 Å². The molecule has 0 bridgehead atoms. The molecule has 0 unspecified atom stereocenters. The topological polar surface area (TPSA) is 105 Å². The number of amides is 2. The van der Waals surface area contributed by atoms with Crippen molar-refractivity contribution in [3.05, 3.63) is 119 Å². The van der Waals surface area contributed by atoms with E-state index in [4.69, 9.17) is 21.1 Å². The molecule has 9 nitrogen and oxygen atoms in total. The van der Waals surface area contributed by atoms with Crippen LogP contribution in [-0.4, -0.2) is 59.0 Å². The molecule has 0 heterocycles. The Morgan fingerprint density at radius 1 is 0.867 bits per heavy atom. The summed E-state index contributed by atoms with van der Waals surface area (Å²) in [5.41, 5.74) is 2.48. The van der Waals surface area contributed by atoms with Gasteiger partial charge in [-0.1, -0.05) is 71.8 Å². The molecule has 4 aromatic rings. The summed E-state index contributed by atoms with van der Waals surface area (Å²) in [4.78, 5) is 29.3. The maximum Gasteiger partial charge on any atom is 0.264 e. The fourth-order valence-corrected chi connectivity index (χ4v) is 6.52. The quantitative estimate of drug-likeness (QED) is 0.212. The first-order valence-corrected chi connectivity index (χ1v) is 16.0. The summed E-state index contributed by atoms with van der Waals surface area (Å²) in [6, 6.07) is 26.3. The Morgan fingerprint density at radius 2 is 1.56 bits per heavy atom. The maximum atomic E-state index is 14.5. The highest BCUT2D eigenvalue weighted by molar-refractivity contribution is 7.92. The van der Waals surface area contributed by atoms with Crippen molar-refractivity contribution in [1.29, 1.82) is 0 Å². The number of sulfonamides is 1. The zero-order chi connectivity index (χ0) is 32.6. The molecule has 2 amide bonds. The standard InChI is InChI=1S/C34H36ClN3O6S/c1-24-13-16-29(17-14-24)45(41,42)38(30-21-28(43-3)15-18-32(30)44-4)23-33(39)37(22-26-11-8-12-27(35)19-26)31(34(40)36-2)20-25-9-6-5-7-10-25/h5-19,21,31H,20,22-23H2,1-4H3,(H,36,40)/t31-/m0/s1. The second-order valence-corrected chi connectivity index (χ2v) is 12.6. The number of carbonyl (C=O) groups excluding carboxylic acids is 2. The highest BCUT2D eigenvalue weighted by Gasteiger charge is 2.35. The third-order valence-corrected chi connectivity index (χ3v) is 9.31. The minimum absolute atomic E-state index is 0.00201. The number of halogens is 1. The number of benzene rings is 4. The number of carbonyl (C=O) groups is 2. The van der Waals surface area contributed by atoms with Crippen LogP contribution in [0.4, 0.5) is 5.69 Å². The van der Waals surface area contributed by atoms with Gasteiger partial charge in [-0.25, -0.2) is 8.42 Å². The Hall–Kier alpha value is -4.54. The number of anilines is 1. The van der Waals surface area contributed by atoms with Gasteiger partial charge in [0.1, 0.15) is 24.1 Å². The van der Waals surface area contributed by atoms with Crippen molar-refractivity contribution in [2.45, 2.75) is 30.8 Å². The summed E-state index contributed by atoms with van der Waals surface area (Å²) in [7, 11) is 0.0508. The van der Waals surface area contributed by atoms with E-state index in [2.05, 4.69) is 5.32 Å². The van der Waals surface area contributed by atoms with Crippen molar-refractivity contribution < 1.29 is 27.5 Å². The van der Waals surface area contributed by atoms with E-state index in [0.29, 0.717) is 16.3 Å². The van der Waals surface area contributed by atoms with Gasteiger partial charge in [-0.05, 0) is 54.4 Å². The van der Waals surface area contributed by atoms with Crippen LogP contribution in [0.3, 0.4) is 0 Å². The van der Waals surface area contributed by atoms with E-state index >= 15 is 0 Å². The van der Waals surface area contributed by atoms with E-state index in [1.165, 1.54) is 44.4 Å². The number of hydrogen-bond donors (Lipinski definition) is 1. The molecule has 0 aliphatic heterocycles. The van der Waals surface area contributed by atoms with Gasteiger partial charge in [0, 0.05) is 31.1 Å². The first-order chi connectivity index (χ1) is 21.6. The zero-order valence-corrected chi connectivity index (χ0v) is 27.1. The number of hydrogen-bond acceptors (Lipinski definition) is 6. The number of ether oxygens (including phenoxy) is 2. The number of rotatable bonds is 13. The van der Waals surface area contributed by atoms with Crippen LogP contribution >= 0.6 is 11.6 Å². The van der Waals surface area contributed by atoms with Crippen LogP contribution < -0.4 is 19.1 Å². The minimum Gasteiger partial charge on any atom is -0.497 e. The molecule has 1 N–H and O–H groups in total. The Balaban J connectivity index is 1.85. The van der Waals surface area contributed by atoms with E-state index in [1.54, 1.807) is 48.5 Å². The van der Waals surface area contributed by atoms with Crippen LogP contribution in [0.2, 0.25) is 5.02 Å². The van der Waals surface area contributed by atoms with Gasteiger partial charge >= 0.3 is 0 Å². The number of aryl methyl sites for hydroxylation is 1. The number of methoxy groups -OCH3 is 2. The Morgan fingerprint density at radius 3 is 2.18 bits per heavy atom. The number of likely N-dealkylation sites (N-methyl/N-ethyl adjacent to an activating group) is 1. The van der Waals surface area contributed by atoms with Crippen molar-refractivity contribution in [3.8, 4) is 11.5 Å². The SMILES string of the molecule is CNC(=O)[C@H](Cc1ccccc1)N(Cc1cccc(Cl)c1)C(=O)CN(c1cc(OC)ccc1OC)S(=O)(=O)c1ccc(C)cc1. The van der Waals surface area contributed by atoms with Gasteiger partial charge in [0.25, 0.3) is 10.0 Å². The highest BCUT2D eigenvalue weighted by atomic mass is 35.5. The van der Waals surface area contributed by atoms with Crippen molar-refractivity contribution >= 4 is 39.1 Å². The summed E-state index contributed by atoms with van der Waals surface area (Å²) in [6.07, 6.45) is 0.194. The lowest BCUT2D eigenvalue weighted by atomic mass is 10.0. The molecule has 1 atom stereocenters. The summed E-state index contributed by atoms with van der Waals surface area (Å²) >= 11 is 6.28. The van der Waals surface area contributed by atoms with Crippen LogP contribution in [0.15, 0.2) is 102 Å². The second kappa shape index (κ2) is 15.0. The fraction of sp³-hybridized carbons (Fsp3) is 0.235. The smallest absolute Gasteiger partial charge is 0.264 e. The van der Waals surface area contributed by atoms with Crippen LogP contribution in [0.25, 0.3) is 0 Å². The van der Waals surface area contributed by atoms with Crippen LogP contribution in [-0.2, 0) is 32.6 Å². The third kappa shape index (κ3) is 8.14. The molecule has 0 aromatic heterocycles. The van der Waals surface area contributed by atoms with Gasteiger partial charge in [-0.3, -0.25) is 13.9 Å². The van der Waals surface area contributed by atoms with E-state index in [0.717, 1.165) is 15.4 Å². The second-order valence-electron chi connectivity index (χ2n) is 10.3. The number of nitrogens with one attached hydrogen (secondary N) is 1. The van der Waals surface area contributed by atoms with Crippen LogP contribution in [0, 0.1) is 6.92 Å². The minimum atomic E-state index is -4.32. The molecular weight excluding hydrogens is 614 g/mol. The summed E-state index contributed by atoms with van der Waals surface area (Å²) in [6.45, 7) is 1.21. The fourth-order valence-electron chi connectivity index (χ4n) is 4.90. The molecule has 4 aromatic carbocycles. The molecule has 236 valence electrons. The molecule has 11 heteroatoms. The maximum absolute atomic E-state index is 14.5. The number of nitrogens with zero attached hydrogens (tertiary/aromatic N) is 2. The first-order valence-electron chi connectivity index (χ1n) is 14.2. The Labute approximate surface area is 269 Å². The lowest BCUT2D eigenvalue weighted by molar-refractivity contribution is -0.139. The molecule has 0 saturated carbocycles. The summed E-state index contributed by atoms with van der Waals surface area (Å²) in [5.74, 6) is -0.431. The van der Waals surface area contributed by atoms with Crippen molar-refractivity contribution in [2.75, 3.05) is 32.1 Å². The molecular formula is C34H36ClN3O6S. The average Bonchev–Trinajstić information content (AvgIpc) is 3.05. The zero-order valence-electron chi connectivity index (χ0n) is 25.6. The lowest BCUT2D eigenvalue weighted by Crippen LogP contribution is -2.53. The predicted octanol–water partition coefficient (Wildman–Crippen LogP) is 5.25. The first kappa shape index (κ1) is 33.4. The molecule has 45 heavy (non-hydrogen) atoms. The molecule has 4 rings (SSSR count). The molecule has 0 spiro atoms. The average molecular weight is 650 g/mol. The van der Waals surface area contributed by atoms with Crippen molar-refractivity contribution in [3.63, 3.8) is 0 Å². The third-order valence-electron chi connectivity index (χ3n) is 7.30. The molecule has 0 aliphatic carbocycles. The van der Waals surface area contributed by atoms with Gasteiger partial charge in [-0.15, -0.1) is 0 Å². The predicted molar refractivity (Wildman–Crippen MR) is 175 cm³/mol. The van der Waals surface area contributed by atoms with Gasteiger partial charge in [-0.2, -0.15) is 0 Å². The van der Waals surface area contributed by atoms with Crippen LogP contribution in [0.1, 0.15) is 16.7 Å². The van der Waals surface area contributed by atoms with Crippen molar-refractivity contribution in [2.24, 2.45) is 0 Å². The molecule has 0 radical (unpaired) electrons. The largest absolute Gasteiger partial charge is 0.497 e. The molecule has 0 aliphatic rings. The van der Waals surface area contributed by atoms with Crippen LogP contribution in [0.5, 0.6) is 11.5 Å². The summed E-state index contributed by atoms with van der Waals surface area (Å²) in [5, 5.41) is 3.13. The van der Waals surface area contributed by atoms with Gasteiger partial charge in [0.05, 0.1) is 24.8 Å². The van der Waals surface area contributed by atoms with Gasteiger partial charge < -0.3 is 19.7 Å². The highest BCUT2D eigenvalue weighted by Crippen LogP contribution is 2.36. The normalized spacial score (nSPS) is 11.8. The molecule has 0 saturated heterocycles. The van der Waals surface area contributed by atoms with E-state index in [-0.39, 0.29) is 29.3 Å². The monoisotopic (exact) mass is 649 g/mol. The van der Waals surface area contributed by atoms with Gasteiger partial charge in [0.15, 0.2) is 0 Å². The Kier molecular flexibility index (Phi) is 11.1.